The van der Waals surface area contributed by atoms with E-state index < -0.39 is 0 Å². The largest absolute Gasteiger partial charge is 0.497 e. The summed E-state index contributed by atoms with van der Waals surface area (Å²) in [5, 5.41) is 0. The van der Waals surface area contributed by atoms with Crippen molar-refractivity contribution in [2.45, 2.75) is 26.7 Å². The number of unbranched alkanes of at least 4 members (excludes halogenated alkanes) is 1. The molecule has 1 rings (SSSR count). The third kappa shape index (κ3) is 3.29. The van der Waals surface area contributed by atoms with Gasteiger partial charge in [0, 0.05) is 6.07 Å². The first-order valence-corrected chi connectivity index (χ1v) is 5.04. The lowest BCUT2D eigenvalue weighted by molar-refractivity contribution is 0.306. The average molecular weight is 194 g/mol. The lowest BCUT2D eigenvalue weighted by Gasteiger charge is -2.08. The van der Waals surface area contributed by atoms with Crippen LogP contribution >= 0.6 is 0 Å². The van der Waals surface area contributed by atoms with Crippen LogP contribution in [-0.2, 0) is 0 Å². The zero-order valence-electron chi connectivity index (χ0n) is 9.17. The predicted molar refractivity (Wildman–Crippen MR) is 58.1 cm³/mol. The summed E-state index contributed by atoms with van der Waals surface area (Å²) in [5.41, 5.74) is 1.16. The van der Waals surface area contributed by atoms with Gasteiger partial charge in [-0.3, -0.25) is 0 Å². The van der Waals surface area contributed by atoms with Gasteiger partial charge >= 0.3 is 0 Å². The van der Waals surface area contributed by atoms with Crippen molar-refractivity contribution >= 4 is 0 Å². The van der Waals surface area contributed by atoms with Gasteiger partial charge in [0.25, 0.3) is 0 Å². The third-order valence-electron chi connectivity index (χ3n) is 2.03. The van der Waals surface area contributed by atoms with Crippen molar-refractivity contribution < 1.29 is 9.47 Å². The van der Waals surface area contributed by atoms with E-state index in [1.807, 2.05) is 25.1 Å². The summed E-state index contributed by atoms with van der Waals surface area (Å²) in [5.74, 6) is 1.76. The maximum absolute atomic E-state index is 5.59. The molecular weight excluding hydrogens is 176 g/mol. The topological polar surface area (TPSA) is 18.5 Å². The van der Waals surface area contributed by atoms with Gasteiger partial charge in [-0.15, -0.1) is 0 Å². The second-order valence-electron chi connectivity index (χ2n) is 3.39. The van der Waals surface area contributed by atoms with Gasteiger partial charge in [-0.25, -0.2) is 0 Å². The van der Waals surface area contributed by atoms with Crippen molar-refractivity contribution in [3.8, 4) is 11.5 Å². The summed E-state index contributed by atoms with van der Waals surface area (Å²) < 4.78 is 10.8. The second-order valence-corrected chi connectivity index (χ2v) is 3.39. The van der Waals surface area contributed by atoms with E-state index in [9.17, 15) is 0 Å². The monoisotopic (exact) mass is 194 g/mol. The van der Waals surface area contributed by atoms with E-state index in [0.717, 1.165) is 36.5 Å². The van der Waals surface area contributed by atoms with Crippen molar-refractivity contribution in [2.24, 2.45) is 0 Å². The van der Waals surface area contributed by atoms with E-state index in [4.69, 9.17) is 9.47 Å². The molecule has 0 atom stereocenters. The molecule has 0 radical (unpaired) electrons. The molecule has 78 valence electrons. The molecule has 0 spiro atoms. The molecular formula is C12H18O2. The van der Waals surface area contributed by atoms with Crippen molar-refractivity contribution in [2.75, 3.05) is 13.7 Å². The Morgan fingerprint density at radius 2 is 1.86 bits per heavy atom. The van der Waals surface area contributed by atoms with Crippen LogP contribution in [0.3, 0.4) is 0 Å². The van der Waals surface area contributed by atoms with Gasteiger partial charge in [-0.05, 0) is 31.0 Å². The minimum Gasteiger partial charge on any atom is -0.497 e. The van der Waals surface area contributed by atoms with Crippen molar-refractivity contribution in [1.29, 1.82) is 0 Å². The molecule has 0 fully saturated rings. The molecule has 0 saturated heterocycles. The number of rotatable bonds is 5. The summed E-state index contributed by atoms with van der Waals surface area (Å²) in [7, 11) is 1.67. The molecule has 0 aliphatic rings. The lowest BCUT2D eigenvalue weighted by atomic mass is 10.2. The lowest BCUT2D eigenvalue weighted by Crippen LogP contribution is -1.97. The van der Waals surface area contributed by atoms with Crippen molar-refractivity contribution in [3.05, 3.63) is 23.8 Å². The van der Waals surface area contributed by atoms with E-state index in [2.05, 4.69) is 6.92 Å². The molecule has 2 heteroatoms. The zero-order chi connectivity index (χ0) is 10.4. The van der Waals surface area contributed by atoms with E-state index >= 15 is 0 Å². The van der Waals surface area contributed by atoms with Gasteiger partial charge in [-0.1, -0.05) is 13.3 Å². The number of hydrogen-bond acceptors (Lipinski definition) is 2. The maximum atomic E-state index is 5.59. The fourth-order valence-corrected chi connectivity index (χ4v) is 1.25. The van der Waals surface area contributed by atoms with Crippen LogP contribution in [0.15, 0.2) is 18.2 Å². The molecule has 14 heavy (non-hydrogen) atoms. The van der Waals surface area contributed by atoms with Crippen LogP contribution in [0, 0.1) is 6.92 Å². The molecule has 0 bridgehead atoms. The Bertz CT molecular complexity index is 282. The molecule has 1 aromatic carbocycles. The van der Waals surface area contributed by atoms with E-state index in [1.54, 1.807) is 7.11 Å². The van der Waals surface area contributed by atoms with E-state index in [0.29, 0.717) is 0 Å². The highest BCUT2D eigenvalue weighted by molar-refractivity contribution is 5.37. The normalized spacial score (nSPS) is 9.93. The minimum atomic E-state index is 0.781. The first-order chi connectivity index (χ1) is 6.76. The molecule has 0 saturated carbocycles. The molecule has 1 aromatic rings. The summed E-state index contributed by atoms with van der Waals surface area (Å²) in [6.07, 6.45) is 2.25. The Labute approximate surface area is 85.8 Å². The van der Waals surface area contributed by atoms with Crippen LogP contribution in [0.25, 0.3) is 0 Å². The number of hydrogen-bond donors (Lipinski definition) is 0. The number of benzene rings is 1. The summed E-state index contributed by atoms with van der Waals surface area (Å²) in [6, 6.07) is 5.94. The quantitative estimate of drug-likeness (QED) is 0.670. The van der Waals surface area contributed by atoms with Crippen LogP contribution in [0.2, 0.25) is 0 Å². The van der Waals surface area contributed by atoms with Crippen LogP contribution in [0.5, 0.6) is 11.5 Å². The fraction of sp³-hybridized carbons (Fsp3) is 0.500. The molecule has 0 aromatic heterocycles. The molecule has 0 amide bonds. The average Bonchev–Trinajstić information content (AvgIpc) is 2.17. The number of methoxy groups -OCH3 is 1. The Hall–Kier alpha value is -1.18. The van der Waals surface area contributed by atoms with Crippen LogP contribution in [0.4, 0.5) is 0 Å². The smallest absolute Gasteiger partial charge is 0.123 e. The van der Waals surface area contributed by atoms with E-state index in [1.165, 1.54) is 0 Å². The van der Waals surface area contributed by atoms with Crippen molar-refractivity contribution in [1.82, 2.24) is 0 Å². The third-order valence-corrected chi connectivity index (χ3v) is 2.03. The summed E-state index contributed by atoms with van der Waals surface area (Å²) in [4.78, 5) is 0. The molecule has 2 nitrogen and oxygen atoms in total. The van der Waals surface area contributed by atoms with Gasteiger partial charge in [0.15, 0.2) is 0 Å². The highest BCUT2D eigenvalue weighted by Crippen LogP contribution is 2.22. The molecule has 0 aliphatic carbocycles. The molecule has 0 N–H and O–H groups in total. The van der Waals surface area contributed by atoms with Gasteiger partial charge in [0.1, 0.15) is 11.5 Å². The van der Waals surface area contributed by atoms with Gasteiger partial charge in [0.05, 0.1) is 13.7 Å². The number of ether oxygens (including phenoxy) is 2. The predicted octanol–water partition coefficient (Wildman–Crippen LogP) is 3.18. The molecule has 0 unspecified atom stereocenters. The highest BCUT2D eigenvalue weighted by Gasteiger charge is 1.98. The van der Waals surface area contributed by atoms with Gasteiger partial charge < -0.3 is 9.47 Å². The zero-order valence-corrected chi connectivity index (χ0v) is 9.17. The highest BCUT2D eigenvalue weighted by atomic mass is 16.5. The molecule has 0 aliphatic heterocycles. The first kappa shape index (κ1) is 10.9. The minimum absolute atomic E-state index is 0.781. The van der Waals surface area contributed by atoms with Crippen LogP contribution < -0.4 is 9.47 Å². The Morgan fingerprint density at radius 1 is 1.14 bits per heavy atom. The van der Waals surface area contributed by atoms with Gasteiger partial charge in [-0.2, -0.15) is 0 Å². The number of aryl methyl sites for hydroxylation is 1. The Kier molecular flexibility index (Phi) is 4.30. The fourth-order valence-electron chi connectivity index (χ4n) is 1.25. The van der Waals surface area contributed by atoms with Crippen LogP contribution in [-0.4, -0.2) is 13.7 Å². The Morgan fingerprint density at radius 3 is 2.50 bits per heavy atom. The maximum Gasteiger partial charge on any atom is 0.123 e. The standard InChI is InChI=1S/C12H18O2/c1-4-5-6-14-12-8-10(2)7-11(9-12)13-3/h7-9H,4-6H2,1-3H3. The van der Waals surface area contributed by atoms with E-state index in [-0.39, 0.29) is 0 Å². The summed E-state index contributed by atoms with van der Waals surface area (Å²) in [6.45, 7) is 4.97. The molecule has 0 heterocycles. The Balaban J connectivity index is 2.62. The van der Waals surface area contributed by atoms with Crippen LogP contribution in [0.1, 0.15) is 25.3 Å². The first-order valence-electron chi connectivity index (χ1n) is 5.04. The second kappa shape index (κ2) is 5.53. The van der Waals surface area contributed by atoms with Crippen molar-refractivity contribution in [3.63, 3.8) is 0 Å². The SMILES string of the molecule is CCCCOc1cc(C)cc(OC)c1. The summed E-state index contributed by atoms with van der Waals surface area (Å²) >= 11 is 0. The van der Waals surface area contributed by atoms with Gasteiger partial charge in [0.2, 0.25) is 0 Å².